The highest BCUT2D eigenvalue weighted by molar-refractivity contribution is 5.66. The molecular formula is C13H20O2. The van der Waals surface area contributed by atoms with E-state index in [1.807, 2.05) is 13.0 Å². The number of hydrogen-bond donors (Lipinski definition) is 1. The number of hydrogen-bond acceptors (Lipinski definition) is 1. The molecule has 15 heavy (non-hydrogen) atoms. The van der Waals surface area contributed by atoms with Gasteiger partial charge >= 0.3 is 5.97 Å². The summed E-state index contributed by atoms with van der Waals surface area (Å²) in [6, 6.07) is 10.5. The molecule has 0 aliphatic carbocycles. The van der Waals surface area contributed by atoms with Gasteiger partial charge in [0.2, 0.25) is 0 Å². The minimum Gasteiger partial charge on any atom is -0.481 e. The fourth-order valence-corrected chi connectivity index (χ4v) is 1.04. The van der Waals surface area contributed by atoms with Crippen LogP contribution in [-0.2, 0) is 11.2 Å². The third-order valence-corrected chi connectivity index (χ3v) is 2.00. The van der Waals surface area contributed by atoms with Crippen LogP contribution in [0.4, 0.5) is 0 Å². The van der Waals surface area contributed by atoms with Crippen LogP contribution < -0.4 is 0 Å². The molecule has 1 N–H and O–H groups in total. The third-order valence-electron chi connectivity index (χ3n) is 2.00. The first kappa shape index (κ1) is 13.7. The van der Waals surface area contributed by atoms with E-state index in [9.17, 15) is 4.79 Å². The predicted molar refractivity (Wildman–Crippen MR) is 63.0 cm³/mol. The molecule has 0 amide bonds. The fourth-order valence-electron chi connectivity index (χ4n) is 1.04. The molecule has 0 bridgehead atoms. The monoisotopic (exact) mass is 208 g/mol. The molecule has 0 spiro atoms. The second-order valence-electron chi connectivity index (χ2n) is 3.34. The van der Waals surface area contributed by atoms with E-state index in [-0.39, 0.29) is 0 Å². The second-order valence-corrected chi connectivity index (χ2v) is 3.34. The van der Waals surface area contributed by atoms with Gasteiger partial charge in [0, 0.05) is 6.42 Å². The van der Waals surface area contributed by atoms with Crippen molar-refractivity contribution in [1.82, 2.24) is 0 Å². The summed E-state index contributed by atoms with van der Waals surface area (Å²) in [5.74, 6) is -0.693. The molecule has 2 heteroatoms. The van der Waals surface area contributed by atoms with Gasteiger partial charge in [0.15, 0.2) is 0 Å². The molecule has 1 aromatic carbocycles. The number of rotatable bonds is 4. The van der Waals surface area contributed by atoms with Crippen LogP contribution in [0.5, 0.6) is 0 Å². The Morgan fingerprint density at radius 1 is 1.20 bits per heavy atom. The van der Waals surface area contributed by atoms with Gasteiger partial charge in [-0.15, -0.1) is 0 Å². The van der Waals surface area contributed by atoms with Crippen LogP contribution >= 0.6 is 0 Å². The molecule has 2 nitrogen and oxygen atoms in total. The van der Waals surface area contributed by atoms with Gasteiger partial charge in [0.1, 0.15) is 0 Å². The van der Waals surface area contributed by atoms with Gasteiger partial charge in [-0.3, -0.25) is 4.79 Å². The van der Waals surface area contributed by atoms with Crippen LogP contribution in [0.3, 0.4) is 0 Å². The molecule has 0 aromatic heterocycles. The number of unbranched alkanes of at least 4 members (excludes halogenated alkanes) is 1. The lowest BCUT2D eigenvalue weighted by atomic mass is 10.2. The normalized spacial score (nSPS) is 8.93. The van der Waals surface area contributed by atoms with Crippen LogP contribution in [0.15, 0.2) is 30.3 Å². The Hall–Kier alpha value is -1.31. The van der Waals surface area contributed by atoms with E-state index in [2.05, 4.69) is 31.2 Å². The first-order valence-corrected chi connectivity index (χ1v) is 5.46. The summed E-state index contributed by atoms with van der Waals surface area (Å²) in [5.41, 5.74) is 1.41. The Kier molecular flexibility index (Phi) is 8.44. The van der Waals surface area contributed by atoms with Crippen molar-refractivity contribution in [2.45, 2.75) is 39.5 Å². The van der Waals surface area contributed by atoms with Crippen molar-refractivity contribution in [3.63, 3.8) is 0 Å². The van der Waals surface area contributed by atoms with Crippen molar-refractivity contribution in [3.05, 3.63) is 35.9 Å². The van der Waals surface area contributed by atoms with Gasteiger partial charge in [0.05, 0.1) is 0 Å². The van der Waals surface area contributed by atoms with Crippen molar-refractivity contribution >= 4 is 5.97 Å². The van der Waals surface area contributed by atoms with E-state index in [1.165, 1.54) is 5.56 Å². The van der Waals surface area contributed by atoms with E-state index in [4.69, 9.17) is 5.11 Å². The van der Waals surface area contributed by atoms with E-state index >= 15 is 0 Å². The molecule has 0 radical (unpaired) electrons. The molecule has 0 heterocycles. The van der Waals surface area contributed by atoms with Gasteiger partial charge in [-0.1, -0.05) is 50.6 Å². The fraction of sp³-hybridized carbons (Fsp3) is 0.462. The highest BCUT2D eigenvalue weighted by Gasteiger charge is 1.90. The summed E-state index contributed by atoms with van der Waals surface area (Å²) in [6.45, 7) is 4.14. The van der Waals surface area contributed by atoms with Crippen LogP contribution in [0.2, 0.25) is 0 Å². The lowest BCUT2D eigenvalue weighted by molar-refractivity contribution is -0.137. The Labute approximate surface area is 91.9 Å². The largest absolute Gasteiger partial charge is 0.481 e. The van der Waals surface area contributed by atoms with Crippen LogP contribution in [0, 0.1) is 0 Å². The predicted octanol–water partition coefficient (Wildman–Crippen LogP) is 3.51. The Morgan fingerprint density at radius 2 is 1.80 bits per heavy atom. The van der Waals surface area contributed by atoms with Gasteiger partial charge in [-0.25, -0.2) is 0 Å². The second kappa shape index (κ2) is 9.25. The van der Waals surface area contributed by atoms with Gasteiger partial charge in [0.25, 0.3) is 0 Å². The third kappa shape index (κ3) is 9.01. The van der Waals surface area contributed by atoms with Crippen molar-refractivity contribution < 1.29 is 9.90 Å². The quantitative estimate of drug-likeness (QED) is 0.822. The standard InChI is InChI=1S/C8H10.C5H10O2/c1-2-8-6-4-3-5-7-8;1-2-3-4-5(6)7/h3-7H,2H2,1H3;2-4H2,1H3,(H,6,7). The van der Waals surface area contributed by atoms with Gasteiger partial charge in [-0.2, -0.15) is 0 Å². The van der Waals surface area contributed by atoms with Crippen molar-refractivity contribution in [3.8, 4) is 0 Å². The van der Waals surface area contributed by atoms with Crippen LogP contribution in [0.25, 0.3) is 0 Å². The maximum Gasteiger partial charge on any atom is 0.303 e. The van der Waals surface area contributed by atoms with Crippen molar-refractivity contribution in [2.24, 2.45) is 0 Å². The molecule has 84 valence electrons. The number of aliphatic carboxylic acids is 1. The van der Waals surface area contributed by atoms with Crippen molar-refractivity contribution in [1.29, 1.82) is 0 Å². The minimum atomic E-state index is -0.693. The number of aryl methyl sites for hydroxylation is 1. The number of carboxylic acids is 1. The highest BCUT2D eigenvalue weighted by atomic mass is 16.4. The molecule has 0 atom stereocenters. The summed E-state index contributed by atoms with van der Waals surface area (Å²) in [7, 11) is 0. The molecule has 0 aliphatic heterocycles. The lowest BCUT2D eigenvalue weighted by Crippen LogP contribution is -1.91. The van der Waals surface area contributed by atoms with E-state index < -0.39 is 5.97 Å². The zero-order valence-corrected chi connectivity index (χ0v) is 9.57. The molecule has 0 saturated heterocycles. The van der Waals surface area contributed by atoms with Crippen molar-refractivity contribution in [2.75, 3.05) is 0 Å². The zero-order chi connectivity index (χ0) is 11.5. The number of carboxylic acid groups (broad SMARTS) is 1. The summed E-state index contributed by atoms with van der Waals surface area (Å²) in [4.78, 5) is 9.76. The first-order chi connectivity index (χ1) is 7.20. The average Bonchev–Trinajstić information content (AvgIpc) is 2.28. The molecule has 0 fully saturated rings. The van der Waals surface area contributed by atoms with E-state index in [1.54, 1.807) is 0 Å². The smallest absolute Gasteiger partial charge is 0.303 e. The minimum absolute atomic E-state index is 0.316. The maximum absolute atomic E-state index is 9.76. The van der Waals surface area contributed by atoms with Crippen LogP contribution in [0.1, 0.15) is 38.7 Å². The van der Waals surface area contributed by atoms with Gasteiger partial charge in [-0.05, 0) is 18.4 Å². The Balaban J connectivity index is 0.000000265. The summed E-state index contributed by atoms with van der Waals surface area (Å²) >= 11 is 0. The summed E-state index contributed by atoms with van der Waals surface area (Å²) < 4.78 is 0. The molecule has 1 rings (SSSR count). The topological polar surface area (TPSA) is 37.3 Å². The average molecular weight is 208 g/mol. The van der Waals surface area contributed by atoms with Gasteiger partial charge < -0.3 is 5.11 Å². The molecule has 0 saturated carbocycles. The Bertz CT molecular complexity index is 254. The first-order valence-electron chi connectivity index (χ1n) is 5.46. The van der Waals surface area contributed by atoms with E-state index in [0.717, 1.165) is 19.3 Å². The zero-order valence-electron chi connectivity index (χ0n) is 9.57. The summed E-state index contributed by atoms with van der Waals surface area (Å²) in [6.07, 6.45) is 3.22. The SMILES string of the molecule is CCCCC(=O)O.CCc1ccccc1. The van der Waals surface area contributed by atoms with E-state index in [0.29, 0.717) is 6.42 Å². The molecule has 1 aromatic rings. The number of benzene rings is 1. The highest BCUT2D eigenvalue weighted by Crippen LogP contribution is 1.96. The van der Waals surface area contributed by atoms with Crippen LogP contribution in [-0.4, -0.2) is 11.1 Å². The maximum atomic E-state index is 9.76. The summed E-state index contributed by atoms with van der Waals surface area (Å²) in [5, 5.41) is 8.04. The molecular weight excluding hydrogens is 188 g/mol. The lowest BCUT2D eigenvalue weighted by Gasteiger charge is -1.89. The Morgan fingerprint density at radius 3 is 2.07 bits per heavy atom. The number of carbonyl (C=O) groups is 1. The molecule has 0 unspecified atom stereocenters. The molecule has 0 aliphatic rings.